The van der Waals surface area contributed by atoms with Gasteiger partial charge < -0.3 is 4.90 Å². The molecule has 1 aromatic heterocycles. The quantitative estimate of drug-likeness (QED) is 0.657. The third-order valence-corrected chi connectivity index (χ3v) is 2.73. The number of carbonyl (C=O) groups excluding carboxylic acids is 1. The molecule has 1 aliphatic heterocycles. The predicted molar refractivity (Wildman–Crippen MR) is 50.4 cm³/mol. The Morgan fingerprint density at radius 2 is 2.42 bits per heavy atom. The highest BCUT2D eigenvalue weighted by Crippen LogP contribution is 2.23. The van der Waals surface area contributed by atoms with Crippen molar-refractivity contribution in [2.24, 2.45) is 0 Å². The van der Waals surface area contributed by atoms with Crippen molar-refractivity contribution in [2.75, 3.05) is 11.4 Å². The molecule has 2 rings (SSSR count). The van der Waals surface area contributed by atoms with E-state index in [1.54, 1.807) is 17.4 Å². The van der Waals surface area contributed by atoms with Crippen molar-refractivity contribution in [3.05, 3.63) is 29.8 Å². The summed E-state index contributed by atoms with van der Waals surface area (Å²) in [7, 11) is 0. The molecular weight excluding hydrogens is 170 g/mol. The molecule has 0 spiro atoms. The van der Waals surface area contributed by atoms with Crippen LogP contribution in [0.4, 0.5) is 5.00 Å². The smallest absolute Gasteiger partial charge is 0.158 e. The zero-order valence-electron chi connectivity index (χ0n) is 6.56. The molecule has 0 saturated heterocycles. The van der Waals surface area contributed by atoms with Crippen molar-refractivity contribution in [1.82, 2.24) is 0 Å². The van der Waals surface area contributed by atoms with Crippen LogP contribution in [0, 0.1) is 0 Å². The molecule has 2 nitrogen and oxygen atoms in total. The summed E-state index contributed by atoms with van der Waals surface area (Å²) in [5, 5.41) is 3.25. The third kappa shape index (κ3) is 1.41. The average Bonchev–Trinajstić information content (AvgIpc) is 2.58. The number of hydrogen-bond donors (Lipinski definition) is 0. The number of thiophene rings is 1. The Morgan fingerprint density at radius 1 is 1.50 bits per heavy atom. The van der Waals surface area contributed by atoms with E-state index in [0.29, 0.717) is 6.42 Å². The summed E-state index contributed by atoms with van der Waals surface area (Å²) < 4.78 is 0. The van der Waals surface area contributed by atoms with E-state index < -0.39 is 0 Å². The summed E-state index contributed by atoms with van der Waals surface area (Å²) >= 11 is 1.69. The molecule has 0 amide bonds. The van der Waals surface area contributed by atoms with Crippen LogP contribution in [0.3, 0.4) is 0 Å². The lowest BCUT2D eigenvalue weighted by atomic mass is 10.2. The maximum atomic E-state index is 10.9. The number of rotatable bonds is 1. The van der Waals surface area contributed by atoms with Crippen LogP contribution in [0.25, 0.3) is 0 Å². The second kappa shape index (κ2) is 3.11. The first-order valence-electron chi connectivity index (χ1n) is 3.87. The molecule has 1 aromatic rings. The largest absolute Gasteiger partial charge is 0.339 e. The molecule has 0 unspecified atom stereocenters. The molecular formula is C9H9NOS. The first kappa shape index (κ1) is 7.55. The van der Waals surface area contributed by atoms with Gasteiger partial charge in [-0.1, -0.05) is 0 Å². The van der Waals surface area contributed by atoms with Gasteiger partial charge in [-0.25, -0.2) is 0 Å². The van der Waals surface area contributed by atoms with Gasteiger partial charge in [-0.05, 0) is 23.6 Å². The monoisotopic (exact) mass is 179 g/mol. The van der Waals surface area contributed by atoms with Gasteiger partial charge in [-0.2, -0.15) is 0 Å². The molecule has 0 saturated carbocycles. The van der Waals surface area contributed by atoms with E-state index in [0.717, 1.165) is 6.54 Å². The van der Waals surface area contributed by atoms with Crippen molar-refractivity contribution in [3.63, 3.8) is 0 Å². The maximum absolute atomic E-state index is 10.9. The zero-order valence-corrected chi connectivity index (χ0v) is 7.38. The van der Waals surface area contributed by atoms with Crippen LogP contribution in [-0.4, -0.2) is 12.3 Å². The molecule has 62 valence electrons. The SMILES string of the molecule is O=C1C=CN(c2cccs2)CC1. The van der Waals surface area contributed by atoms with Gasteiger partial charge in [0.25, 0.3) is 0 Å². The highest BCUT2D eigenvalue weighted by molar-refractivity contribution is 7.14. The van der Waals surface area contributed by atoms with Gasteiger partial charge >= 0.3 is 0 Å². The van der Waals surface area contributed by atoms with Crippen LogP contribution in [0.2, 0.25) is 0 Å². The van der Waals surface area contributed by atoms with E-state index in [4.69, 9.17) is 0 Å². The van der Waals surface area contributed by atoms with Crippen LogP contribution < -0.4 is 4.90 Å². The molecule has 0 atom stereocenters. The fraction of sp³-hybridized carbons (Fsp3) is 0.222. The van der Waals surface area contributed by atoms with Crippen molar-refractivity contribution >= 4 is 22.1 Å². The molecule has 0 bridgehead atoms. The second-order valence-corrected chi connectivity index (χ2v) is 3.60. The van der Waals surface area contributed by atoms with Crippen LogP contribution in [0.15, 0.2) is 29.8 Å². The Bertz CT molecular complexity index is 302. The standard InChI is InChI=1S/C9H9NOS/c11-8-3-5-10(6-4-8)9-2-1-7-12-9/h1-3,5,7H,4,6H2. The van der Waals surface area contributed by atoms with Crippen LogP contribution in [-0.2, 0) is 4.79 Å². The van der Waals surface area contributed by atoms with E-state index >= 15 is 0 Å². The Balaban J connectivity index is 2.17. The van der Waals surface area contributed by atoms with E-state index in [-0.39, 0.29) is 5.78 Å². The number of carbonyl (C=O) groups is 1. The Kier molecular flexibility index (Phi) is 1.96. The highest BCUT2D eigenvalue weighted by atomic mass is 32.1. The first-order chi connectivity index (χ1) is 5.86. The molecule has 0 aliphatic carbocycles. The lowest BCUT2D eigenvalue weighted by molar-refractivity contribution is -0.114. The summed E-state index contributed by atoms with van der Waals surface area (Å²) in [6.07, 6.45) is 4.13. The molecule has 12 heavy (non-hydrogen) atoms. The van der Waals surface area contributed by atoms with Gasteiger partial charge in [-0.15, -0.1) is 11.3 Å². The third-order valence-electron chi connectivity index (χ3n) is 1.83. The van der Waals surface area contributed by atoms with Crippen molar-refractivity contribution in [3.8, 4) is 0 Å². The Hall–Kier alpha value is -1.09. The molecule has 0 fully saturated rings. The van der Waals surface area contributed by atoms with Crippen LogP contribution in [0.1, 0.15) is 6.42 Å². The van der Waals surface area contributed by atoms with E-state index in [9.17, 15) is 4.79 Å². The van der Waals surface area contributed by atoms with E-state index in [1.807, 2.05) is 17.6 Å². The van der Waals surface area contributed by atoms with Gasteiger partial charge in [0.1, 0.15) is 0 Å². The normalized spacial score (nSPS) is 17.0. The molecule has 0 N–H and O–H groups in total. The van der Waals surface area contributed by atoms with E-state index in [2.05, 4.69) is 11.0 Å². The van der Waals surface area contributed by atoms with Crippen LogP contribution >= 0.6 is 11.3 Å². The lowest BCUT2D eigenvalue weighted by Gasteiger charge is -2.20. The second-order valence-electron chi connectivity index (χ2n) is 2.68. The average molecular weight is 179 g/mol. The zero-order chi connectivity index (χ0) is 8.39. The minimum absolute atomic E-state index is 0.225. The first-order valence-corrected chi connectivity index (χ1v) is 4.75. The highest BCUT2D eigenvalue weighted by Gasteiger charge is 2.10. The minimum atomic E-state index is 0.225. The molecule has 0 radical (unpaired) electrons. The number of allylic oxidation sites excluding steroid dienone is 1. The number of nitrogens with zero attached hydrogens (tertiary/aromatic N) is 1. The number of hydrogen-bond acceptors (Lipinski definition) is 3. The van der Waals surface area contributed by atoms with E-state index in [1.165, 1.54) is 5.00 Å². The fourth-order valence-electron chi connectivity index (χ4n) is 1.18. The van der Waals surface area contributed by atoms with Gasteiger partial charge in [0.2, 0.25) is 0 Å². The molecule has 1 aliphatic rings. The fourth-order valence-corrected chi connectivity index (χ4v) is 1.92. The topological polar surface area (TPSA) is 20.3 Å². The summed E-state index contributed by atoms with van der Waals surface area (Å²) in [5.41, 5.74) is 0. The van der Waals surface area contributed by atoms with Gasteiger partial charge in [0.05, 0.1) is 5.00 Å². The van der Waals surface area contributed by atoms with Crippen molar-refractivity contribution in [1.29, 1.82) is 0 Å². The Morgan fingerprint density at radius 3 is 3.00 bits per heavy atom. The molecule has 3 heteroatoms. The van der Waals surface area contributed by atoms with Crippen molar-refractivity contribution < 1.29 is 4.79 Å². The molecule has 0 aromatic carbocycles. The lowest BCUT2D eigenvalue weighted by Crippen LogP contribution is -2.22. The van der Waals surface area contributed by atoms with Gasteiger partial charge in [0, 0.05) is 19.2 Å². The minimum Gasteiger partial charge on any atom is -0.339 e. The Labute approximate surface area is 75.1 Å². The number of ketones is 1. The summed E-state index contributed by atoms with van der Waals surface area (Å²) in [4.78, 5) is 13.0. The predicted octanol–water partition coefficient (Wildman–Crippen LogP) is 2.04. The molecule has 2 heterocycles. The maximum Gasteiger partial charge on any atom is 0.158 e. The van der Waals surface area contributed by atoms with Crippen LogP contribution in [0.5, 0.6) is 0 Å². The number of anilines is 1. The summed E-state index contributed by atoms with van der Waals surface area (Å²) in [6.45, 7) is 0.815. The van der Waals surface area contributed by atoms with Gasteiger partial charge in [-0.3, -0.25) is 4.79 Å². The summed E-state index contributed by atoms with van der Waals surface area (Å²) in [6, 6.07) is 4.08. The van der Waals surface area contributed by atoms with Gasteiger partial charge in [0.15, 0.2) is 5.78 Å². The summed E-state index contributed by atoms with van der Waals surface area (Å²) in [5.74, 6) is 0.225. The van der Waals surface area contributed by atoms with Crippen molar-refractivity contribution in [2.45, 2.75) is 6.42 Å².